The molecule has 1 aromatic carbocycles. The maximum atomic E-state index is 12.1. The van der Waals surface area contributed by atoms with Crippen LogP contribution in [0.5, 0.6) is 5.75 Å². The fourth-order valence-electron chi connectivity index (χ4n) is 2.07. The minimum atomic E-state index is -0.747. The molecule has 0 bridgehead atoms. The molecule has 1 atom stereocenters. The molecule has 1 heterocycles. The first-order chi connectivity index (χ1) is 10.7. The quantitative estimate of drug-likeness (QED) is 0.769. The van der Waals surface area contributed by atoms with Crippen LogP contribution in [0.25, 0.3) is 11.3 Å². The van der Waals surface area contributed by atoms with Gasteiger partial charge in [-0.15, -0.1) is 11.3 Å². The standard InChI is InChI=1S/C17H18N2O2S/c1-3-4-5-16(20)14(10-18)17-19-15(11-22-17)12-6-8-13(21-2)9-7-12/h6-9,11,14H,3-5H2,1-2H3/t14-/m0/s1. The average molecular weight is 314 g/mol. The summed E-state index contributed by atoms with van der Waals surface area (Å²) >= 11 is 1.36. The van der Waals surface area contributed by atoms with Crippen molar-refractivity contribution in [1.82, 2.24) is 4.98 Å². The molecule has 114 valence electrons. The number of hydrogen-bond donors (Lipinski definition) is 0. The number of benzene rings is 1. The molecule has 0 saturated heterocycles. The molecule has 0 aliphatic heterocycles. The Bertz CT molecular complexity index is 671. The second-order valence-electron chi connectivity index (χ2n) is 4.93. The van der Waals surface area contributed by atoms with Gasteiger partial charge in [0.15, 0.2) is 11.7 Å². The van der Waals surface area contributed by atoms with E-state index in [2.05, 4.69) is 11.1 Å². The third-order valence-corrected chi connectivity index (χ3v) is 4.29. The number of nitriles is 1. The number of nitrogens with zero attached hydrogens (tertiary/aromatic N) is 2. The second-order valence-corrected chi connectivity index (χ2v) is 5.82. The Morgan fingerprint density at radius 3 is 2.73 bits per heavy atom. The number of methoxy groups -OCH3 is 1. The molecule has 22 heavy (non-hydrogen) atoms. The molecular weight excluding hydrogens is 296 g/mol. The highest BCUT2D eigenvalue weighted by molar-refractivity contribution is 7.10. The van der Waals surface area contributed by atoms with E-state index < -0.39 is 5.92 Å². The van der Waals surface area contributed by atoms with Crippen molar-refractivity contribution in [2.24, 2.45) is 0 Å². The van der Waals surface area contributed by atoms with Crippen LogP contribution in [0.2, 0.25) is 0 Å². The first kappa shape index (κ1) is 16.2. The molecule has 0 saturated carbocycles. The summed E-state index contributed by atoms with van der Waals surface area (Å²) < 4.78 is 5.13. The molecule has 2 rings (SSSR count). The molecule has 5 heteroatoms. The van der Waals surface area contributed by atoms with Gasteiger partial charge < -0.3 is 4.74 Å². The fraction of sp³-hybridized carbons (Fsp3) is 0.353. The number of aromatic nitrogens is 1. The van der Waals surface area contributed by atoms with E-state index in [1.54, 1.807) is 7.11 Å². The van der Waals surface area contributed by atoms with Gasteiger partial charge in [-0.1, -0.05) is 13.3 Å². The fourth-order valence-corrected chi connectivity index (χ4v) is 2.97. The zero-order valence-corrected chi connectivity index (χ0v) is 13.5. The van der Waals surface area contributed by atoms with Crippen molar-refractivity contribution < 1.29 is 9.53 Å². The van der Waals surface area contributed by atoms with Crippen LogP contribution in [0.15, 0.2) is 29.6 Å². The SMILES string of the molecule is CCCCC(=O)[C@H](C#N)c1nc(-c2ccc(OC)cc2)cs1. The molecule has 0 radical (unpaired) electrons. The van der Waals surface area contributed by atoms with Gasteiger partial charge in [0.05, 0.1) is 18.9 Å². The topological polar surface area (TPSA) is 63.0 Å². The molecule has 0 spiro atoms. The first-order valence-corrected chi connectivity index (χ1v) is 8.09. The van der Waals surface area contributed by atoms with E-state index in [9.17, 15) is 10.1 Å². The maximum absolute atomic E-state index is 12.1. The van der Waals surface area contributed by atoms with Gasteiger partial charge in [0.1, 0.15) is 10.8 Å². The largest absolute Gasteiger partial charge is 0.497 e. The van der Waals surface area contributed by atoms with Gasteiger partial charge in [-0.25, -0.2) is 4.98 Å². The number of carbonyl (C=O) groups excluding carboxylic acids is 1. The van der Waals surface area contributed by atoms with Crippen molar-refractivity contribution in [2.45, 2.75) is 32.1 Å². The van der Waals surface area contributed by atoms with Crippen LogP contribution >= 0.6 is 11.3 Å². The van der Waals surface area contributed by atoms with Crippen LogP contribution < -0.4 is 4.74 Å². The van der Waals surface area contributed by atoms with Crippen molar-refractivity contribution in [3.05, 3.63) is 34.7 Å². The van der Waals surface area contributed by atoms with Crippen molar-refractivity contribution in [2.75, 3.05) is 7.11 Å². The molecule has 0 fully saturated rings. The predicted octanol–water partition coefficient (Wildman–Crippen LogP) is 4.19. The molecule has 4 nitrogen and oxygen atoms in total. The maximum Gasteiger partial charge on any atom is 0.156 e. The Balaban J connectivity index is 2.18. The third-order valence-electron chi connectivity index (χ3n) is 3.38. The number of thiazole rings is 1. The summed E-state index contributed by atoms with van der Waals surface area (Å²) in [6, 6.07) is 9.64. The lowest BCUT2D eigenvalue weighted by molar-refractivity contribution is -0.119. The summed E-state index contributed by atoms with van der Waals surface area (Å²) in [6.45, 7) is 2.03. The molecule has 0 amide bonds. The van der Waals surface area contributed by atoms with Crippen LogP contribution in [0.1, 0.15) is 37.1 Å². The Morgan fingerprint density at radius 1 is 1.41 bits per heavy atom. The number of ether oxygens (including phenoxy) is 1. The number of Topliss-reactive ketones (excluding diaryl/α,β-unsaturated/α-hetero) is 1. The van der Waals surface area contributed by atoms with Crippen LogP contribution in [-0.2, 0) is 4.79 Å². The monoisotopic (exact) mass is 314 g/mol. The van der Waals surface area contributed by atoms with Gasteiger partial charge in [-0.2, -0.15) is 5.26 Å². The van der Waals surface area contributed by atoms with E-state index in [1.165, 1.54) is 11.3 Å². The van der Waals surface area contributed by atoms with E-state index in [4.69, 9.17) is 4.74 Å². The highest BCUT2D eigenvalue weighted by Gasteiger charge is 2.23. The molecule has 2 aromatic rings. The summed E-state index contributed by atoms with van der Waals surface area (Å²) in [5.74, 6) is -0.00706. The van der Waals surface area contributed by atoms with Gasteiger partial charge in [-0.05, 0) is 30.7 Å². The minimum absolute atomic E-state index is 0.0417. The lowest BCUT2D eigenvalue weighted by Crippen LogP contribution is -2.10. The summed E-state index contributed by atoms with van der Waals surface area (Å²) in [6.07, 6.45) is 2.19. The molecule has 0 unspecified atom stereocenters. The molecular formula is C17H18N2O2S. The lowest BCUT2D eigenvalue weighted by Gasteiger charge is -2.04. The number of carbonyl (C=O) groups is 1. The van der Waals surface area contributed by atoms with Gasteiger partial charge in [-0.3, -0.25) is 4.79 Å². The molecule has 0 aliphatic carbocycles. The van der Waals surface area contributed by atoms with Crippen molar-refractivity contribution in [3.63, 3.8) is 0 Å². The summed E-state index contributed by atoms with van der Waals surface area (Å²) in [4.78, 5) is 16.6. The van der Waals surface area contributed by atoms with E-state index in [0.717, 1.165) is 29.8 Å². The second kappa shape index (κ2) is 7.71. The Kier molecular flexibility index (Phi) is 5.68. The zero-order valence-electron chi connectivity index (χ0n) is 12.7. The summed E-state index contributed by atoms with van der Waals surface area (Å²) in [5.41, 5.74) is 1.73. The van der Waals surface area contributed by atoms with E-state index in [-0.39, 0.29) is 5.78 Å². The van der Waals surface area contributed by atoms with Crippen molar-refractivity contribution in [3.8, 4) is 23.1 Å². The van der Waals surface area contributed by atoms with Crippen LogP contribution in [0.3, 0.4) is 0 Å². The molecule has 0 N–H and O–H groups in total. The van der Waals surface area contributed by atoms with Crippen molar-refractivity contribution >= 4 is 17.1 Å². The minimum Gasteiger partial charge on any atom is -0.497 e. The normalized spacial score (nSPS) is 11.7. The Morgan fingerprint density at radius 2 is 2.14 bits per heavy atom. The lowest BCUT2D eigenvalue weighted by atomic mass is 10.0. The number of unbranched alkanes of at least 4 members (excludes halogenated alkanes) is 1. The van der Waals surface area contributed by atoms with E-state index in [0.29, 0.717) is 11.4 Å². The van der Waals surface area contributed by atoms with Crippen LogP contribution in [0.4, 0.5) is 0 Å². The van der Waals surface area contributed by atoms with E-state index >= 15 is 0 Å². The van der Waals surface area contributed by atoms with Gasteiger partial charge in [0.25, 0.3) is 0 Å². The average Bonchev–Trinajstić information content (AvgIpc) is 3.03. The van der Waals surface area contributed by atoms with Gasteiger partial charge in [0.2, 0.25) is 0 Å². The van der Waals surface area contributed by atoms with Crippen molar-refractivity contribution in [1.29, 1.82) is 5.26 Å². The highest BCUT2D eigenvalue weighted by Crippen LogP contribution is 2.28. The summed E-state index contributed by atoms with van der Waals surface area (Å²) in [5, 5.41) is 11.7. The van der Waals surface area contributed by atoms with E-state index in [1.807, 2.05) is 36.6 Å². The number of ketones is 1. The summed E-state index contributed by atoms with van der Waals surface area (Å²) in [7, 11) is 1.62. The first-order valence-electron chi connectivity index (χ1n) is 7.21. The molecule has 0 aliphatic rings. The van der Waals surface area contributed by atoms with Gasteiger partial charge >= 0.3 is 0 Å². The predicted molar refractivity (Wildman–Crippen MR) is 87.0 cm³/mol. The number of hydrogen-bond acceptors (Lipinski definition) is 5. The van der Waals surface area contributed by atoms with Crippen LogP contribution in [0, 0.1) is 11.3 Å². The highest BCUT2D eigenvalue weighted by atomic mass is 32.1. The van der Waals surface area contributed by atoms with Gasteiger partial charge in [0, 0.05) is 17.4 Å². The Hall–Kier alpha value is -2.19. The smallest absolute Gasteiger partial charge is 0.156 e. The number of rotatable bonds is 7. The molecule has 1 aromatic heterocycles. The zero-order chi connectivity index (χ0) is 15.9. The third kappa shape index (κ3) is 3.71. The Labute approximate surface area is 134 Å². The van der Waals surface area contributed by atoms with Crippen LogP contribution in [-0.4, -0.2) is 17.9 Å².